The summed E-state index contributed by atoms with van der Waals surface area (Å²) in [5.74, 6) is 2.50. The van der Waals surface area contributed by atoms with Gasteiger partial charge in [0.1, 0.15) is 23.9 Å². The van der Waals surface area contributed by atoms with Crippen molar-refractivity contribution in [2.24, 2.45) is 0 Å². The zero-order valence-corrected chi connectivity index (χ0v) is 21.1. The number of allylic oxidation sites excluding steroid dienone is 1. The lowest BCUT2D eigenvalue weighted by Gasteiger charge is -2.13. The first-order valence-electron chi connectivity index (χ1n) is 10.3. The van der Waals surface area contributed by atoms with Gasteiger partial charge in [0.2, 0.25) is 0 Å². The molecule has 0 unspecified atom stereocenters. The van der Waals surface area contributed by atoms with Crippen LogP contribution in [0.5, 0.6) is 17.2 Å². The minimum absolute atomic E-state index is 0.0559. The third-order valence-electron chi connectivity index (χ3n) is 4.16. The zero-order valence-electron chi connectivity index (χ0n) is 19.0. The van der Waals surface area contributed by atoms with Gasteiger partial charge in [-0.1, -0.05) is 17.9 Å². The predicted octanol–water partition coefficient (Wildman–Crippen LogP) is 6.11. The molecule has 0 fully saturated rings. The van der Waals surface area contributed by atoms with E-state index < -0.39 is 36.3 Å². The molecule has 2 aromatic rings. The molecule has 0 aliphatic rings. The highest BCUT2D eigenvalue weighted by Gasteiger charge is 2.33. The lowest BCUT2D eigenvalue weighted by molar-refractivity contribution is -0.276. The second-order valence-electron chi connectivity index (χ2n) is 7.02. The molecule has 13 heteroatoms. The van der Waals surface area contributed by atoms with Gasteiger partial charge in [0.05, 0.1) is 3.57 Å². The van der Waals surface area contributed by atoms with Gasteiger partial charge in [-0.05, 0) is 71.5 Å². The highest BCUT2D eigenvalue weighted by atomic mass is 127. The number of alkyl halides is 6. The summed E-state index contributed by atoms with van der Waals surface area (Å²) in [5, 5.41) is 9.19. The molecule has 2 rings (SSSR count). The Bertz CT molecular complexity index is 1130. The van der Waals surface area contributed by atoms with Crippen LogP contribution in [-0.2, 0) is 16.0 Å². The molecular formula is C24H19F6IO6. The fourth-order valence-electron chi connectivity index (χ4n) is 2.82. The quantitative estimate of drug-likeness (QED) is 0.191. The van der Waals surface area contributed by atoms with Gasteiger partial charge in [-0.3, -0.25) is 0 Å². The van der Waals surface area contributed by atoms with E-state index in [1.54, 1.807) is 25.1 Å². The van der Waals surface area contributed by atoms with Gasteiger partial charge in [-0.2, -0.15) is 0 Å². The Hall–Kier alpha value is -3.12. The number of carboxylic acid groups (broad SMARTS) is 1. The lowest BCUT2D eigenvalue weighted by Crippen LogP contribution is -2.26. The largest absolute Gasteiger partial charge is 0.573 e. The maximum absolute atomic E-state index is 12.5. The third kappa shape index (κ3) is 11.6. The summed E-state index contributed by atoms with van der Waals surface area (Å²) in [4.78, 5) is 11.2. The Morgan fingerprint density at radius 3 is 2.19 bits per heavy atom. The highest BCUT2D eigenvalue weighted by Crippen LogP contribution is 2.31. The normalized spacial score (nSPS) is 12.5. The number of carbonyl (C=O) groups is 1. The van der Waals surface area contributed by atoms with Crippen LogP contribution in [0.1, 0.15) is 18.1 Å². The summed E-state index contributed by atoms with van der Waals surface area (Å²) in [7, 11) is 0. The molecule has 0 saturated heterocycles. The number of rotatable bonds is 10. The predicted molar refractivity (Wildman–Crippen MR) is 127 cm³/mol. The van der Waals surface area contributed by atoms with Crippen molar-refractivity contribution in [3.8, 4) is 29.1 Å². The number of ether oxygens (including phenoxy) is 4. The minimum Gasteiger partial charge on any atom is -0.488 e. The van der Waals surface area contributed by atoms with Crippen LogP contribution in [-0.4, -0.2) is 43.1 Å². The fourth-order valence-corrected chi connectivity index (χ4v) is 3.56. The van der Waals surface area contributed by atoms with E-state index in [1.165, 1.54) is 12.2 Å². The summed E-state index contributed by atoms with van der Waals surface area (Å²) in [6, 6.07) is 7.20. The molecule has 0 spiro atoms. The maximum Gasteiger partial charge on any atom is 0.573 e. The van der Waals surface area contributed by atoms with E-state index in [1.807, 2.05) is 22.6 Å². The summed E-state index contributed by atoms with van der Waals surface area (Å²) in [6.07, 6.45) is -8.23. The molecule has 200 valence electrons. The Morgan fingerprint density at radius 1 is 1.05 bits per heavy atom. The zero-order chi connectivity index (χ0) is 27.6. The van der Waals surface area contributed by atoms with Crippen molar-refractivity contribution in [1.82, 2.24) is 0 Å². The van der Waals surface area contributed by atoms with E-state index in [0.717, 1.165) is 17.7 Å². The number of aliphatic carboxylic acids is 1. The number of hydrogen-bond acceptors (Lipinski definition) is 5. The third-order valence-corrected chi connectivity index (χ3v) is 5.00. The van der Waals surface area contributed by atoms with Gasteiger partial charge >= 0.3 is 18.7 Å². The maximum atomic E-state index is 12.5. The molecule has 0 heterocycles. The lowest BCUT2D eigenvalue weighted by atomic mass is 10.1. The fraction of sp³-hybridized carbons (Fsp3) is 0.292. The van der Waals surface area contributed by atoms with Crippen LogP contribution in [0.3, 0.4) is 0 Å². The van der Waals surface area contributed by atoms with Gasteiger partial charge in [0, 0.05) is 24.7 Å². The van der Waals surface area contributed by atoms with E-state index >= 15 is 0 Å². The minimum atomic E-state index is -5.12. The Morgan fingerprint density at radius 2 is 1.68 bits per heavy atom. The topological polar surface area (TPSA) is 74.2 Å². The van der Waals surface area contributed by atoms with Crippen molar-refractivity contribution < 1.29 is 55.2 Å². The molecule has 37 heavy (non-hydrogen) atoms. The SMILES string of the molecule is CCO[C@@H](Cc1ccc(OC/C=C\C#Cc2cc(OC(F)(F)F)cc(OC(F)(F)F)c2)c(I)c1)C(=O)O. The monoisotopic (exact) mass is 644 g/mol. The van der Waals surface area contributed by atoms with Crippen LogP contribution in [0, 0.1) is 15.4 Å². The van der Waals surface area contributed by atoms with Crippen LogP contribution in [0.2, 0.25) is 0 Å². The van der Waals surface area contributed by atoms with Crippen molar-refractivity contribution in [2.45, 2.75) is 32.2 Å². The molecule has 0 aliphatic carbocycles. The van der Waals surface area contributed by atoms with Crippen LogP contribution < -0.4 is 14.2 Å². The molecule has 0 saturated carbocycles. The molecule has 1 N–H and O–H groups in total. The van der Waals surface area contributed by atoms with Crippen molar-refractivity contribution in [1.29, 1.82) is 0 Å². The average Bonchev–Trinajstić information content (AvgIpc) is 2.74. The first kappa shape index (κ1) is 30.1. The van der Waals surface area contributed by atoms with E-state index in [2.05, 4.69) is 21.3 Å². The molecule has 0 amide bonds. The second-order valence-corrected chi connectivity index (χ2v) is 8.18. The van der Waals surface area contributed by atoms with Crippen molar-refractivity contribution in [2.75, 3.05) is 13.2 Å². The Balaban J connectivity index is 2.03. The van der Waals surface area contributed by atoms with E-state index in [-0.39, 0.29) is 25.2 Å². The molecule has 0 radical (unpaired) electrons. The molecule has 6 nitrogen and oxygen atoms in total. The smallest absolute Gasteiger partial charge is 0.488 e. The molecule has 0 aromatic heterocycles. The standard InChI is InChI=1S/C24H19F6IO6/c1-2-34-21(22(32)33)13-16-7-8-20(19(31)12-16)35-9-5-3-4-6-15-10-17(36-23(25,26)27)14-18(11-15)37-24(28,29)30/h3,5,7-8,10-12,14,21H,2,9,13H2,1H3,(H,32,33)/b5-3-/t21-/m0/s1. The number of benzene rings is 2. The summed E-state index contributed by atoms with van der Waals surface area (Å²) in [5.41, 5.74) is 0.535. The van der Waals surface area contributed by atoms with E-state index in [0.29, 0.717) is 15.4 Å². The Labute approximate surface area is 221 Å². The van der Waals surface area contributed by atoms with Gasteiger partial charge < -0.3 is 24.1 Å². The Kier molecular flexibility index (Phi) is 10.9. The molecule has 1 atom stereocenters. The van der Waals surface area contributed by atoms with Gasteiger partial charge in [-0.15, -0.1) is 26.3 Å². The van der Waals surface area contributed by atoms with Crippen LogP contribution in [0.4, 0.5) is 26.3 Å². The summed E-state index contributed by atoms with van der Waals surface area (Å²) in [6.45, 7) is 2.02. The number of carboxylic acids is 1. The van der Waals surface area contributed by atoms with Gasteiger partial charge in [-0.25, -0.2) is 4.79 Å². The molecular weight excluding hydrogens is 625 g/mol. The van der Waals surface area contributed by atoms with Crippen LogP contribution in [0.25, 0.3) is 0 Å². The summed E-state index contributed by atoms with van der Waals surface area (Å²) < 4.78 is 93.6. The van der Waals surface area contributed by atoms with E-state index in [4.69, 9.17) is 9.47 Å². The van der Waals surface area contributed by atoms with E-state index in [9.17, 15) is 36.2 Å². The van der Waals surface area contributed by atoms with Crippen molar-refractivity contribution >= 4 is 28.6 Å². The molecule has 2 aromatic carbocycles. The molecule has 0 bridgehead atoms. The first-order valence-corrected chi connectivity index (χ1v) is 11.4. The first-order chi connectivity index (χ1) is 17.3. The second kappa shape index (κ2) is 13.4. The van der Waals surface area contributed by atoms with Crippen LogP contribution >= 0.6 is 22.6 Å². The highest BCUT2D eigenvalue weighted by molar-refractivity contribution is 14.1. The van der Waals surface area contributed by atoms with Gasteiger partial charge in [0.15, 0.2) is 6.10 Å². The van der Waals surface area contributed by atoms with Gasteiger partial charge in [0.25, 0.3) is 0 Å². The van der Waals surface area contributed by atoms with Crippen LogP contribution in [0.15, 0.2) is 48.6 Å². The number of hydrogen-bond donors (Lipinski definition) is 1. The number of halogens is 7. The van der Waals surface area contributed by atoms with Crippen molar-refractivity contribution in [3.05, 3.63) is 63.2 Å². The van der Waals surface area contributed by atoms with Crippen molar-refractivity contribution in [3.63, 3.8) is 0 Å². The average molecular weight is 644 g/mol. The molecule has 0 aliphatic heterocycles. The summed E-state index contributed by atoms with van der Waals surface area (Å²) >= 11 is 2.02.